The van der Waals surface area contributed by atoms with Crippen LogP contribution < -0.4 is 12.4 Å². The molecule has 0 atom stereocenters. The van der Waals surface area contributed by atoms with Crippen LogP contribution in [0, 0.1) is 6.42 Å². The van der Waals surface area contributed by atoms with E-state index < -0.39 is 0 Å². The van der Waals surface area contributed by atoms with E-state index in [2.05, 4.69) is 0 Å². The van der Waals surface area contributed by atoms with Gasteiger partial charge in [-0.05, 0) is 0 Å². The fraction of sp³-hybridized carbons (Fsp3) is 0.222. The third-order valence-corrected chi connectivity index (χ3v) is 1.02. The van der Waals surface area contributed by atoms with E-state index in [-0.39, 0.29) is 52.5 Å². The second-order valence-corrected chi connectivity index (χ2v) is 2.36. The summed E-state index contributed by atoms with van der Waals surface area (Å²) in [6.45, 7) is 4.00. The molecule has 1 rings (SSSR count). The maximum absolute atomic E-state index is 4.81. The van der Waals surface area contributed by atoms with Gasteiger partial charge in [-0.15, -0.1) is 0 Å². The van der Waals surface area contributed by atoms with Gasteiger partial charge in [-0.1, -0.05) is 30.3 Å². The SMILES string of the molecule is C[CH-]C.[Cl-].[Cu+].[Mg+2].[S-]c1ccccc1. The van der Waals surface area contributed by atoms with Crippen molar-refractivity contribution < 1.29 is 29.5 Å². The van der Waals surface area contributed by atoms with Gasteiger partial charge in [0.1, 0.15) is 0 Å². The van der Waals surface area contributed by atoms with Crippen molar-refractivity contribution in [3.8, 4) is 0 Å². The van der Waals surface area contributed by atoms with E-state index >= 15 is 0 Å². The summed E-state index contributed by atoms with van der Waals surface area (Å²) in [7, 11) is 0. The van der Waals surface area contributed by atoms with Crippen molar-refractivity contribution in [2.75, 3.05) is 0 Å². The fourth-order valence-corrected chi connectivity index (χ4v) is 0.578. The van der Waals surface area contributed by atoms with Gasteiger partial charge >= 0.3 is 40.1 Å². The summed E-state index contributed by atoms with van der Waals surface area (Å²) in [4.78, 5) is 0.905. The summed E-state index contributed by atoms with van der Waals surface area (Å²) < 4.78 is 0. The molecule has 0 fully saturated rings. The molecule has 0 spiro atoms. The van der Waals surface area contributed by atoms with Gasteiger partial charge in [0, 0.05) is 0 Å². The Labute approximate surface area is 120 Å². The molecule has 1 aromatic carbocycles. The first-order valence-electron chi connectivity index (χ1n) is 3.27. The number of benzene rings is 1. The van der Waals surface area contributed by atoms with Crippen LogP contribution in [0.3, 0.4) is 0 Å². The third kappa shape index (κ3) is 19.4. The summed E-state index contributed by atoms with van der Waals surface area (Å²) in [5.41, 5.74) is 0. The molecule has 0 aliphatic heterocycles. The molecule has 74 valence electrons. The van der Waals surface area contributed by atoms with Crippen molar-refractivity contribution in [1.29, 1.82) is 0 Å². The average molecular weight is 276 g/mol. The number of halogens is 1. The van der Waals surface area contributed by atoms with E-state index in [1.165, 1.54) is 0 Å². The minimum Gasteiger partial charge on any atom is -1.00 e. The molecule has 0 N–H and O–H groups in total. The topological polar surface area (TPSA) is 0 Å². The van der Waals surface area contributed by atoms with Crippen LogP contribution in [-0.4, -0.2) is 23.1 Å². The molecule has 1 aromatic rings. The van der Waals surface area contributed by atoms with Gasteiger partial charge in [0.15, 0.2) is 0 Å². The van der Waals surface area contributed by atoms with Crippen molar-refractivity contribution in [3.63, 3.8) is 0 Å². The van der Waals surface area contributed by atoms with Gasteiger partial charge in [0.05, 0.1) is 0 Å². The number of hydrogen-bond acceptors (Lipinski definition) is 1. The Hall–Kier alpha value is 1.02. The average Bonchev–Trinajstić information content (AvgIpc) is 1.91. The summed E-state index contributed by atoms with van der Waals surface area (Å²) in [6.07, 6.45) is 2.00. The molecule has 0 nitrogen and oxygen atoms in total. The predicted octanol–water partition coefficient (Wildman–Crippen LogP) is -0.556. The summed E-state index contributed by atoms with van der Waals surface area (Å²) in [5, 5.41) is 0. The summed E-state index contributed by atoms with van der Waals surface area (Å²) in [6, 6.07) is 9.62. The number of rotatable bonds is 0. The standard InChI is InChI=1S/C6H6S.C3H7.ClH.Cu.Mg/c7-6-4-2-1-3-5-6;1-3-2;;;/h1-5,7H;3H,1-2H3;1H;;/q;-1;;+1;+2/p-2. The Balaban J connectivity index is -0.0000000615. The monoisotopic (exact) mass is 274 g/mol. The predicted molar refractivity (Wildman–Crippen MR) is 53.5 cm³/mol. The third-order valence-electron chi connectivity index (χ3n) is 0.743. The zero-order chi connectivity index (χ0) is 7.82. The Kier molecular flexibility index (Phi) is 34.1. The molecular weight excluding hydrogens is 263 g/mol. The van der Waals surface area contributed by atoms with Crippen LogP contribution in [0.4, 0.5) is 0 Å². The maximum Gasteiger partial charge on any atom is 2.00 e. The van der Waals surface area contributed by atoms with E-state index in [9.17, 15) is 0 Å². The van der Waals surface area contributed by atoms with Gasteiger partial charge in [-0.25, -0.2) is 0 Å². The quantitative estimate of drug-likeness (QED) is 0.348. The molecule has 4 heteroatoms. The molecule has 0 heterocycles. The fourth-order valence-electron chi connectivity index (χ4n) is 0.420. The normalized spacial score (nSPS) is 6.00. The summed E-state index contributed by atoms with van der Waals surface area (Å²) >= 11 is 4.81. The first-order chi connectivity index (χ1) is 4.81. The van der Waals surface area contributed by atoms with Crippen LogP contribution in [0.15, 0.2) is 35.2 Å². The minimum absolute atomic E-state index is 0. The van der Waals surface area contributed by atoms with Crippen LogP contribution in [-0.2, 0) is 29.7 Å². The first-order valence-corrected chi connectivity index (χ1v) is 3.68. The van der Waals surface area contributed by atoms with Gasteiger partial charge in [0.2, 0.25) is 0 Å². The van der Waals surface area contributed by atoms with E-state index in [1.807, 2.05) is 50.6 Å². The molecule has 0 saturated heterocycles. The molecule has 13 heavy (non-hydrogen) atoms. The molecular formula is C9H12ClCuMgS. The summed E-state index contributed by atoms with van der Waals surface area (Å²) in [5.74, 6) is 0. The molecule has 0 amide bonds. The van der Waals surface area contributed by atoms with Crippen molar-refractivity contribution in [1.82, 2.24) is 0 Å². The molecule has 0 bridgehead atoms. The van der Waals surface area contributed by atoms with Gasteiger partial charge in [-0.3, -0.25) is 0 Å². The molecule has 0 unspecified atom stereocenters. The van der Waals surface area contributed by atoms with Crippen LogP contribution in [0.2, 0.25) is 0 Å². The second kappa shape index (κ2) is 18.7. The van der Waals surface area contributed by atoms with Gasteiger partial charge < -0.3 is 31.5 Å². The van der Waals surface area contributed by atoms with Crippen molar-refractivity contribution in [2.24, 2.45) is 0 Å². The molecule has 0 radical (unpaired) electrons. The van der Waals surface area contributed by atoms with E-state index in [0.717, 1.165) is 4.90 Å². The van der Waals surface area contributed by atoms with Gasteiger partial charge in [-0.2, -0.15) is 18.7 Å². The van der Waals surface area contributed by atoms with Crippen molar-refractivity contribution in [2.45, 2.75) is 18.7 Å². The maximum atomic E-state index is 4.81. The van der Waals surface area contributed by atoms with Crippen LogP contribution in [0.1, 0.15) is 13.8 Å². The minimum atomic E-state index is 0. The Bertz CT molecular complexity index is 161. The first kappa shape index (κ1) is 23.7. The van der Waals surface area contributed by atoms with Crippen LogP contribution in [0.5, 0.6) is 0 Å². The smallest absolute Gasteiger partial charge is 1.00 e. The van der Waals surface area contributed by atoms with E-state index in [1.54, 1.807) is 0 Å². The zero-order valence-corrected chi connectivity index (χ0v) is 11.7. The Morgan fingerprint density at radius 2 is 1.38 bits per heavy atom. The number of hydrogen-bond donors (Lipinski definition) is 0. The zero-order valence-electron chi connectivity index (χ0n) is 7.76. The second-order valence-electron chi connectivity index (χ2n) is 1.89. The molecule has 0 saturated carbocycles. The largest absolute Gasteiger partial charge is 2.00 e. The Morgan fingerprint density at radius 1 is 1.08 bits per heavy atom. The molecule has 0 aromatic heterocycles. The Morgan fingerprint density at radius 3 is 1.54 bits per heavy atom. The van der Waals surface area contributed by atoms with E-state index in [0.29, 0.717) is 0 Å². The van der Waals surface area contributed by atoms with Crippen LogP contribution in [0.25, 0.3) is 0 Å². The van der Waals surface area contributed by atoms with Crippen molar-refractivity contribution >= 4 is 35.7 Å². The molecule has 0 aliphatic carbocycles. The van der Waals surface area contributed by atoms with Gasteiger partial charge in [0.25, 0.3) is 0 Å². The van der Waals surface area contributed by atoms with Crippen LogP contribution >= 0.6 is 0 Å². The van der Waals surface area contributed by atoms with Crippen molar-refractivity contribution in [3.05, 3.63) is 36.8 Å². The van der Waals surface area contributed by atoms with E-state index in [4.69, 9.17) is 12.6 Å². The molecule has 0 aliphatic rings.